The third-order valence-corrected chi connectivity index (χ3v) is 3.92. The predicted molar refractivity (Wildman–Crippen MR) is 96.5 cm³/mol. The molecule has 0 unspecified atom stereocenters. The van der Waals surface area contributed by atoms with Crippen LogP contribution in [0.2, 0.25) is 0 Å². The van der Waals surface area contributed by atoms with Gasteiger partial charge in [0.2, 0.25) is 0 Å². The van der Waals surface area contributed by atoms with Gasteiger partial charge >= 0.3 is 0 Å². The highest BCUT2D eigenvalue weighted by Crippen LogP contribution is 2.33. The number of fused-ring (bicyclic) bond motifs is 1. The van der Waals surface area contributed by atoms with Gasteiger partial charge in [0.1, 0.15) is 17.1 Å². The summed E-state index contributed by atoms with van der Waals surface area (Å²) in [7, 11) is 1.57. The molecule has 5 heteroatoms. The summed E-state index contributed by atoms with van der Waals surface area (Å²) in [4.78, 5) is 12.3. The zero-order valence-electron chi connectivity index (χ0n) is 14.2. The van der Waals surface area contributed by atoms with Crippen LogP contribution in [-0.2, 0) is 0 Å². The molecule has 0 spiro atoms. The summed E-state index contributed by atoms with van der Waals surface area (Å²) in [6.45, 7) is 2.72. The number of unbranched alkanes of at least 4 members (excludes halogenated alkanes) is 1. The predicted octanol–water partition coefficient (Wildman–Crippen LogP) is 4.35. The summed E-state index contributed by atoms with van der Waals surface area (Å²) in [5, 5.41) is 10.0. The maximum absolute atomic E-state index is 12.3. The van der Waals surface area contributed by atoms with E-state index in [1.54, 1.807) is 25.3 Å². The maximum Gasteiger partial charge on any atom is 0.193 e. The first-order valence-corrected chi connectivity index (χ1v) is 8.20. The topological polar surface area (TPSA) is 68.9 Å². The van der Waals surface area contributed by atoms with Crippen molar-refractivity contribution in [3.05, 3.63) is 52.7 Å². The van der Waals surface area contributed by atoms with Crippen LogP contribution in [0.3, 0.4) is 0 Å². The van der Waals surface area contributed by atoms with Gasteiger partial charge in [0, 0.05) is 17.7 Å². The van der Waals surface area contributed by atoms with Gasteiger partial charge in [0.05, 0.1) is 19.1 Å². The van der Waals surface area contributed by atoms with Crippen molar-refractivity contribution in [1.82, 2.24) is 0 Å². The SMILES string of the molecule is CCCCOc1ccc(-c2cc(=O)c3ccc(O)cc3o2)cc1OC. The van der Waals surface area contributed by atoms with Crippen molar-refractivity contribution in [2.75, 3.05) is 13.7 Å². The molecule has 1 heterocycles. The molecule has 0 fully saturated rings. The van der Waals surface area contributed by atoms with Crippen LogP contribution in [0.4, 0.5) is 0 Å². The summed E-state index contributed by atoms with van der Waals surface area (Å²) in [5.74, 6) is 1.68. The van der Waals surface area contributed by atoms with Crippen molar-refractivity contribution in [2.45, 2.75) is 19.8 Å². The standard InChI is InChI=1S/C20H20O5/c1-3-4-9-24-17-8-5-13(10-20(17)23-2)18-12-16(22)15-7-6-14(21)11-19(15)25-18/h5-8,10-12,21H,3-4,9H2,1-2H3. The number of hydrogen-bond acceptors (Lipinski definition) is 5. The van der Waals surface area contributed by atoms with E-state index in [1.807, 2.05) is 6.07 Å². The Labute approximate surface area is 145 Å². The van der Waals surface area contributed by atoms with Gasteiger partial charge in [-0.25, -0.2) is 0 Å². The van der Waals surface area contributed by atoms with E-state index >= 15 is 0 Å². The molecule has 0 atom stereocenters. The van der Waals surface area contributed by atoms with Crippen LogP contribution in [0, 0.1) is 0 Å². The van der Waals surface area contributed by atoms with E-state index in [0.29, 0.717) is 40.4 Å². The zero-order valence-corrected chi connectivity index (χ0v) is 14.2. The lowest BCUT2D eigenvalue weighted by Gasteiger charge is -2.12. The first kappa shape index (κ1) is 16.9. The Bertz CT molecular complexity index is 942. The highest BCUT2D eigenvalue weighted by Gasteiger charge is 2.11. The first-order valence-electron chi connectivity index (χ1n) is 8.20. The van der Waals surface area contributed by atoms with Gasteiger partial charge < -0.3 is 19.0 Å². The van der Waals surface area contributed by atoms with Crippen LogP contribution in [0.15, 0.2) is 51.7 Å². The lowest BCUT2D eigenvalue weighted by Crippen LogP contribution is -2.01. The van der Waals surface area contributed by atoms with Gasteiger partial charge in [-0.2, -0.15) is 0 Å². The van der Waals surface area contributed by atoms with Crippen molar-refractivity contribution in [3.63, 3.8) is 0 Å². The highest BCUT2D eigenvalue weighted by atomic mass is 16.5. The molecule has 1 N–H and O–H groups in total. The number of ether oxygens (including phenoxy) is 2. The third kappa shape index (κ3) is 3.60. The quantitative estimate of drug-likeness (QED) is 0.676. The smallest absolute Gasteiger partial charge is 0.193 e. The number of methoxy groups -OCH3 is 1. The molecule has 3 rings (SSSR count). The second kappa shape index (κ2) is 7.30. The number of phenolic OH excluding ortho intramolecular Hbond substituents is 1. The molecular weight excluding hydrogens is 320 g/mol. The Balaban J connectivity index is 2.01. The van der Waals surface area contributed by atoms with Crippen molar-refractivity contribution in [1.29, 1.82) is 0 Å². The van der Waals surface area contributed by atoms with E-state index in [0.717, 1.165) is 12.8 Å². The molecule has 5 nitrogen and oxygen atoms in total. The van der Waals surface area contributed by atoms with Crippen molar-refractivity contribution < 1.29 is 19.0 Å². The van der Waals surface area contributed by atoms with Crippen LogP contribution < -0.4 is 14.9 Å². The van der Waals surface area contributed by atoms with Crippen LogP contribution in [0.25, 0.3) is 22.3 Å². The van der Waals surface area contributed by atoms with Crippen molar-refractivity contribution in [3.8, 4) is 28.6 Å². The van der Waals surface area contributed by atoms with Gasteiger partial charge in [0.25, 0.3) is 0 Å². The van der Waals surface area contributed by atoms with Gasteiger partial charge in [0.15, 0.2) is 16.9 Å². The molecule has 0 aliphatic carbocycles. The summed E-state index contributed by atoms with van der Waals surface area (Å²) >= 11 is 0. The van der Waals surface area contributed by atoms with Gasteiger partial charge in [-0.3, -0.25) is 4.79 Å². The molecule has 0 saturated carbocycles. The fourth-order valence-corrected chi connectivity index (χ4v) is 2.55. The monoisotopic (exact) mass is 340 g/mol. The molecule has 0 radical (unpaired) electrons. The molecule has 25 heavy (non-hydrogen) atoms. The molecule has 1 aromatic heterocycles. The first-order chi connectivity index (χ1) is 12.1. The molecule has 130 valence electrons. The average Bonchev–Trinajstić information content (AvgIpc) is 2.61. The maximum atomic E-state index is 12.3. The fraction of sp³-hybridized carbons (Fsp3) is 0.250. The zero-order chi connectivity index (χ0) is 17.8. The normalized spacial score (nSPS) is 10.8. The van der Waals surface area contributed by atoms with Crippen LogP contribution in [0.5, 0.6) is 17.2 Å². The van der Waals surface area contributed by atoms with Gasteiger partial charge in [-0.05, 0) is 36.8 Å². The highest BCUT2D eigenvalue weighted by molar-refractivity contribution is 5.80. The van der Waals surface area contributed by atoms with E-state index in [9.17, 15) is 9.90 Å². The third-order valence-electron chi connectivity index (χ3n) is 3.92. The molecule has 0 amide bonds. The Morgan fingerprint density at radius 2 is 1.92 bits per heavy atom. The number of rotatable bonds is 6. The summed E-state index contributed by atoms with van der Waals surface area (Å²) in [5.41, 5.74) is 0.866. The Hall–Kier alpha value is -2.95. The Kier molecular flexibility index (Phi) is 4.93. The molecular formula is C20H20O5. The molecule has 2 aromatic carbocycles. The van der Waals surface area contributed by atoms with Crippen molar-refractivity contribution >= 4 is 11.0 Å². The van der Waals surface area contributed by atoms with E-state index in [2.05, 4.69) is 6.92 Å². The number of phenols is 1. The Morgan fingerprint density at radius 1 is 1.08 bits per heavy atom. The molecule has 3 aromatic rings. The van der Waals surface area contributed by atoms with E-state index in [4.69, 9.17) is 13.9 Å². The van der Waals surface area contributed by atoms with Crippen LogP contribution >= 0.6 is 0 Å². The van der Waals surface area contributed by atoms with E-state index < -0.39 is 0 Å². The lowest BCUT2D eigenvalue weighted by atomic mass is 10.1. The summed E-state index contributed by atoms with van der Waals surface area (Å²) < 4.78 is 16.9. The van der Waals surface area contributed by atoms with E-state index in [-0.39, 0.29) is 11.2 Å². The summed E-state index contributed by atoms with van der Waals surface area (Å²) in [6, 6.07) is 11.3. The molecule has 0 bridgehead atoms. The molecule has 0 saturated heterocycles. The molecule has 0 aliphatic heterocycles. The minimum absolute atomic E-state index is 0.0463. The lowest BCUT2D eigenvalue weighted by molar-refractivity contribution is 0.288. The summed E-state index contributed by atoms with van der Waals surface area (Å²) in [6.07, 6.45) is 2.02. The van der Waals surface area contributed by atoms with Crippen molar-refractivity contribution in [2.24, 2.45) is 0 Å². The van der Waals surface area contributed by atoms with Crippen LogP contribution in [0.1, 0.15) is 19.8 Å². The second-order valence-electron chi connectivity index (χ2n) is 5.72. The number of benzene rings is 2. The Morgan fingerprint density at radius 3 is 2.68 bits per heavy atom. The number of hydrogen-bond donors (Lipinski definition) is 1. The van der Waals surface area contributed by atoms with Gasteiger partial charge in [-0.1, -0.05) is 13.3 Å². The largest absolute Gasteiger partial charge is 0.508 e. The van der Waals surface area contributed by atoms with E-state index in [1.165, 1.54) is 18.2 Å². The minimum atomic E-state index is -0.168. The van der Waals surface area contributed by atoms with Crippen LogP contribution in [-0.4, -0.2) is 18.8 Å². The second-order valence-corrected chi connectivity index (χ2v) is 5.72. The van der Waals surface area contributed by atoms with Gasteiger partial charge in [-0.15, -0.1) is 0 Å². The minimum Gasteiger partial charge on any atom is -0.508 e. The average molecular weight is 340 g/mol. The fourth-order valence-electron chi connectivity index (χ4n) is 2.55. The number of aromatic hydroxyl groups is 1. The molecule has 0 aliphatic rings.